The van der Waals surface area contributed by atoms with Gasteiger partial charge in [0.05, 0.1) is 12.8 Å². The molecule has 1 N–H and O–H groups in total. The third-order valence-corrected chi connectivity index (χ3v) is 4.52. The summed E-state index contributed by atoms with van der Waals surface area (Å²) in [5, 5.41) is 2.68. The lowest BCUT2D eigenvalue weighted by Crippen LogP contribution is -2.37. The molecule has 0 aliphatic rings. The maximum absolute atomic E-state index is 12.6. The van der Waals surface area contributed by atoms with Gasteiger partial charge in [-0.2, -0.15) is 4.98 Å². The molecule has 0 aliphatic carbocycles. The first-order valence-corrected chi connectivity index (χ1v) is 8.38. The highest BCUT2D eigenvalue weighted by Gasteiger charge is 2.20. The Hall–Kier alpha value is -3.07. The van der Waals surface area contributed by atoms with Crippen LogP contribution in [-0.2, 0) is 25.4 Å². The molecule has 0 fully saturated rings. The van der Waals surface area contributed by atoms with Crippen molar-refractivity contribution in [2.45, 2.75) is 13.5 Å². The number of hydrogen-bond acceptors (Lipinski definition) is 5. The van der Waals surface area contributed by atoms with Crippen LogP contribution in [0.5, 0.6) is 5.75 Å². The summed E-state index contributed by atoms with van der Waals surface area (Å²) < 4.78 is 8.67. The Morgan fingerprint density at radius 2 is 1.96 bits per heavy atom. The van der Waals surface area contributed by atoms with Crippen LogP contribution in [0.3, 0.4) is 0 Å². The second-order valence-electron chi connectivity index (χ2n) is 6.10. The largest absolute Gasteiger partial charge is 0.495 e. The number of carbonyl (C=O) groups is 1. The summed E-state index contributed by atoms with van der Waals surface area (Å²) in [4.78, 5) is 41.1. The van der Waals surface area contributed by atoms with Crippen molar-refractivity contribution in [1.82, 2.24) is 18.7 Å². The number of anilines is 1. The molecule has 27 heavy (non-hydrogen) atoms. The minimum Gasteiger partial charge on any atom is -0.495 e. The molecule has 3 aromatic rings. The molecule has 0 aliphatic heterocycles. The van der Waals surface area contributed by atoms with Gasteiger partial charge in [-0.1, -0.05) is 6.07 Å². The molecule has 2 heterocycles. The number of hydrogen-bond donors (Lipinski definition) is 1. The van der Waals surface area contributed by atoms with Crippen LogP contribution in [0.15, 0.2) is 27.8 Å². The van der Waals surface area contributed by atoms with Crippen LogP contribution in [-0.4, -0.2) is 31.7 Å². The summed E-state index contributed by atoms with van der Waals surface area (Å²) in [6.45, 7) is 1.64. The smallest absolute Gasteiger partial charge is 0.332 e. The van der Waals surface area contributed by atoms with Crippen molar-refractivity contribution in [3.05, 3.63) is 49.9 Å². The standard InChI is InChI=1S/C17H18ClN5O4/c1-9-5-6-11(27-4)10(7-9)19-12(24)8-23-13-14(20-16(23)18)21(2)17(26)22(3)15(13)25/h5-7H,8H2,1-4H3,(H,19,24). The molecule has 142 valence electrons. The quantitative estimate of drug-likeness (QED) is 0.670. The zero-order valence-electron chi connectivity index (χ0n) is 15.2. The molecule has 0 atom stereocenters. The predicted molar refractivity (Wildman–Crippen MR) is 102 cm³/mol. The molecule has 0 spiro atoms. The summed E-state index contributed by atoms with van der Waals surface area (Å²) in [7, 11) is 4.34. The van der Waals surface area contributed by atoms with Gasteiger partial charge in [-0.25, -0.2) is 4.79 Å². The second-order valence-corrected chi connectivity index (χ2v) is 6.43. The fourth-order valence-electron chi connectivity index (χ4n) is 2.82. The van der Waals surface area contributed by atoms with Gasteiger partial charge >= 0.3 is 5.69 Å². The number of nitrogens with one attached hydrogen (secondary N) is 1. The molecular formula is C17H18ClN5O4. The first kappa shape index (κ1) is 18.7. The van der Waals surface area contributed by atoms with E-state index >= 15 is 0 Å². The van der Waals surface area contributed by atoms with Crippen LogP contribution in [0.25, 0.3) is 11.2 Å². The first-order valence-electron chi connectivity index (χ1n) is 8.00. The predicted octanol–water partition coefficient (Wildman–Crippen LogP) is 1.04. The minimum atomic E-state index is -0.576. The fourth-order valence-corrected chi connectivity index (χ4v) is 3.04. The maximum Gasteiger partial charge on any atom is 0.332 e. The Morgan fingerprint density at radius 3 is 2.63 bits per heavy atom. The lowest BCUT2D eigenvalue weighted by atomic mass is 10.2. The third kappa shape index (κ3) is 3.21. The van der Waals surface area contributed by atoms with Gasteiger partial charge in [-0.15, -0.1) is 0 Å². The van der Waals surface area contributed by atoms with Gasteiger partial charge in [0, 0.05) is 14.1 Å². The van der Waals surface area contributed by atoms with Gasteiger partial charge in [-0.3, -0.25) is 23.3 Å². The van der Waals surface area contributed by atoms with E-state index in [0.29, 0.717) is 11.4 Å². The van der Waals surface area contributed by atoms with Gasteiger partial charge in [0.25, 0.3) is 5.56 Å². The molecule has 0 radical (unpaired) electrons. The number of aryl methyl sites for hydroxylation is 2. The Bertz CT molecular complexity index is 1170. The topological polar surface area (TPSA) is 100 Å². The van der Waals surface area contributed by atoms with Crippen LogP contribution in [0.2, 0.25) is 5.28 Å². The molecule has 10 heteroatoms. The number of ether oxygens (including phenoxy) is 1. The van der Waals surface area contributed by atoms with Gasteiger partial charge < -0.3 is 10.1 Å². The number of methoxy groups -OCH3 is 1. The first-order chi connectivity index (χ1) is 12.7. The monoisotopic (exact) mass is 391 g/mol. The average Bonchev–Trinajstić information content (AvgIpc) is 2.95. The Labute approximate surface area is 158 Å². The van der Waals surface area contributed by atoms with Crippen LogP contribution >= 0.6 is 11.6 Å². The summed E-state index contributed by atoms with van der Waals surface area (Å²) in [6.07, 6.45) is 0. The van der Waals surface area contributed by atoms with Crippen molar-refractivity contribution < 1.29 is 9.53 Å². The van der Waals surface area contributed by atoms with Gasteiger partial charge in [-0.05, 0) is 36.2 Å². The summed E-state index contributed by atoms with van der Waals surface area (Å²) >= 11 is 6.13. The van der Waals surface area contributed by atoms with Crippen molar-refractivity contribution in [2.24, 2.45) is 14.1 Å². The third-order valence-electron chi connectivity index (χ3n) is 4.23. The van der Waals surface area contributed by atoms with Gasteiger partial charge in [0.2, 0.25) is 11.2 Å². The number of carbonyl (C=O) groups excluding carboxylic acids is 1. The van der Waals surface area contributed by atoms with E-state index in [0.717, 1.165) is 10.1 Å². The lowest BCUT2D eigenvalue weighted by Gasteiger charge is -2.12. The van der Waals surface area contributed by atoms with E-state index in [1.54, 1.807) is 12.1 Å². The normalized spacial score (nSPS) is 11.0. The number of halogens is 1. The van der Waals surface area contributed by atoms with E-state index in [2.05, 4.69) is 10.3 Å². The molecular weight excluding hydrogens is 374 g/mol. The van der Waals surface area contributed by atoms with E-state index < -0.39 is 17.2 Å². The van der Waals surface area contributed by atoms with Crippen molar-refractivity contribution in [1.29, 1.82) is 0 Å². The zero-order chi connectivity index (χ0) is 19.9. The Kier molecular flexibility index (Phi) is 4.79. The van der Waals surface area contributed by atoms with Crippen LogP contribution in [0.1, 0.15) is 5.56 Å². The number of benzene rings is 1. The Morgan fingerprint density at radius 1 is 1.26 bits per heavy atom. The van der Waals surface area contributed by atoms with Crippen molar-refractivity contribution in [3.8, 4) is 5.75 Å². The van der Waals surface area contributed by atoms with Crippen LogP contribution < -0.4 is 21.3 Å². The molecule has 1 aromatic carbocycles. The number of nitrogens with zero attached hydrogens (tertiary/aromatic N) is 4. The molecule has 0 saturated carbocycles. The number of fused-ring (bicyclic) bond motifs is 1. The minimum absolute atomic E-state index is 0.0605. The van der Waals surface area contributed by atoms with Gasteiger partial charge in [0.15, 0.2) is 11.2 Å². The molecule has 0 unspecified atom stereocenters. The van der Waals surface area contributed by atoms with E-state index in [9.17, 15) is 14.4 Å². The van der Waals surface area contributed by atoms with Gasteiger partial charge in [0.1, 0.15) is 12.3 Å². The highest BCUT2D eigenvalue weighted by Crippen LogP contribution is 2.25. The van der Waals surface area contributed by atoms with Crippen molar-refractivity contribution in [3.63, 3.8) is 0 Å². The number of rotatable bonds is 4. The average molecular weight is 392 g/mol. The molecule has 3 rings (SSSR count). The summed E-state index contributed by atoms with van der Waals surface area (Å²) in [5.41, 5.74) is 0.547. The number of aromatic nitrogens is 4. The van der Waals surface area contributed by atoms with E-state index in [1.807, 2.05) is 13.0 Å². The maximum atomic E-state index is 12.6. The molecule has 1 amide bonds. The van der Waals surface area contributed by atoms with E-state index in [1.165, 1.54) is 30.3 Å². The molecule has 2 aromatic heterocycles. The van der Waals surface area contributed by atoms with E-state index in [4.69, 9.17) is 16.3 Å². The highest BCUT2D eigenvalue weighted by atomic mass is 35.5. The van der Waals surface area contributed by atoms with Crippen molar-refractivity contribution >= 4 is 34.4 Å². The summed E-state index contributed by atoms with van der Waals surface area (Å²) in [6, 6.07) is 5.38. The fraction of sp³-hybridized carbons (Fsp3) is 0.294. The van der Waals surface area contributed by atoms with Crippen molar-refractivity contribution in [2.75, 3.05) is 12.4 Å². The second kappa shape index (κ2) is 6.92. The zero-order valence-corrected chi connectivity index (χ0v) is 16.0. The lowest BCUT2D eigenvalue weighted by molar-refractivity contribution is -0.116. The van der Waals surface area contributed by atoms with E-state index in [-0.39, 0.29) is 23.0 Å². The van der Waals surface area contributed by atoms with Crippen LogP contribution in [0, 0.1) is 6.92 Å². The molecule has 9 nitrogen and oxygen atoms in total. The molecule has 0 bridgehead atoms. The SMILES string of the molecule is COc1ccc(C)cc1NC(=O)Cn1c(Cl)nc2c1c(=O)n(C)c(=O)n2C. The highest BCUT2D eigenvalue weighted by molar-refractivity contribution is 6.29. The Balaban J connectivity index is 2.02. The number of imidazole rings is 1. The molecule has 0 saturated heterocycles. The van der Waals surface area contributed by atoms with Crippen LogP contribution in [0.4, 0.5) is 5.69 Å². The number of amides is 1. The summed E-state index contributed by atoms with van der Waals surface area (Å²) in [5.74, 6) is 0.0878.